The lowest BCUT2D eigenvalue weighted by atomic mass is 10.2. The van der Waals surface area contributed by atoms with Crippen LogP contribution in [0.3, 0.4) is 0 Å². The van der Waals surface area contributed by atoms with Gasteiger partial charge < -0.3 is 8.75 Å². The first-order valence-corrected chi connectivity index (χ1v) is 11.9. The summed E-state index contributed by atoms with van der Waals surface area (Å²) < 4.78 is 46.3. The van der Waals surface area contributed by atoms with Crippen molar-refractivity contribution in [1.82, 2.24) is 4.57 Å². The zero-order valence-electron chi connectivity index (χ0n) is 16.8. The van der Waals surface area contributed by atoms with Crippen molar-refractivity contribution in [3.63, 3.8) is 0 Å². The summed E-state index contributed by atoms with van der Waals surface area (Å²) in [5.74, 6) is -0.221. The number of hydrogen-bond donors (Lipinski definition) is 0. The molecule has 0 fully saturated rings. The summed E-state index contributed by atoms with van der Waals surface area (Å²) in [7, 11) is -4.68. The molecule has 4 aromatic rings. The van der Waals surface area contributed by atoms with Crippen molar-refractivity contribution in [2.24, 2.45) is 7.05 Å². The molecule has 0 aliphatic heterocycles. The van der Waals surface area contributed by atoms with E-state index in [1.165, 1.54) is 16.7 Å². The molecule has 0 saturated heterocycles. The van der Waals surface area contributed by atoms with Crippen molar-refractivity contribution in [3.8, 4) is 5.75 Å². The molecule has 1 aromatic heterocycles. The number of rotatable bonds is 5. The zero-order valence-corrected chi connectivity index (χ0v) is 18.4. The first-order valence-electron chi connectivity index (χ1n) is 9.39. The SMILES string of the molecule is Cc1ccc(S(=O)(=O)Oc2c(S(=O)c3ccccc3)c(=O)n(C)c3ccccc23)cc1. The normalized spacial score (nSPS) is 12.6. The van der Waals surface area contributed by atoms with Crippen molar-refractivity contribution >= 4 is 31.8 Å². The summed E-state index contributed by atoms with van der Waals surface area (Å²) in [6.45, 7) is 1.84. The van der Waals surface area contributed by atoms with E-state index in [-0.39, 0.29) is 15.5 Å². The molecule has 0 aliphatic carbocycles. The Hall–Kier alpha value is -3.23. The summed E-state index contributed by atoms with van der Waals surface area (Å²) in [4.78, 5) is 13.3. The molecule has 0 N–H and O–H groups in total. The Bertz CT molecular complexity index is 1460. The van der Waals surface area contributed by atoms with Gasteiger partial charge in [-0.2, -0.15) is 8.42 Å². The van der Waals surface area contributed by atoms with Gasteiger partial charge in [0, 0.05) is 17.3 Å². The molecular weight excluding hydrogens is 434 g/mol. The van der Waals surface area contributed by atoms with Crippen LogP contribution in [0.5, 0.6) is 5.75 Å². The van der Waals surface area contributed by atoms with Crippen molar-refractivity contribution < 1.29 is 16.8 Å². The summed E-state index contributed by atoms with van der Waals surface area (Å²) in [5.41, 5.74) is 0.772. The minimum atomic E-state index is -4.27. The Morgan fingerprint density at radius 3 is 2.16 bits per heavy atom. The lowest BCUT2D eigenvalue weighted by Crippen LogP contribution is -2.25. The highest BCUT2D eigenvalue weighted by Crippen LogP contribution is 2.33. The molecular formula is C23H19NO5S2. The number of hydrogen-bond acceptors (Lipinski definition) is 5. The van der Waals surface area contributed by atoms with Crippen LogP contribution >= 0.6 is 0 Å². The molecule has 8 heteroatoms. The monoisotopic (exact) mass is 453 g/mol. The maximum absolute atomic E-state index is 13.4. The number of nitrogens with zero attached hydrogens (tertiary/aromatic N) is 1. The van der Waals surface area contributed by atoms with E-state index in [0.717, 1.165) is 5.56 Å². The van der Waals surface area contributed by atoms with E-state index in [2.05, 4.69) is 0 Å². The van der Waals surface area contributed by atoms with Crippen LogP contribution in [0.25, 0.3) is 10.9 Å². The first kappa shape index (κ1) is 21.0. The maximum atomic E-state index is 13.4. The van der Waals surface area contributed by atoms with Gasteiger partial charge in [0.25, 0.3) is 5.56 Å². The van der Waals surface area contributed by atoms with E-state index in [4.69, 9.17) is 4.18 Å². The van der Waals surface area contributed by atoms with E-state index >= 15 is 0 Å². The molecule has 31 heavy (non-hydrogen) atoms. The van der Waals surface area contributed by atoms with Gasteiger partial charge in [-0.1, -0.05) is 48.0 Å². The highest BCUT2D eigenvalue weighted by Gasteiger charge is 2.27. The van der Waals surface area contributed by atoms with Gasteiger partial charge in [0.1, 0.15) is 4.90 Å². The Kier molecular flexibility index (Phi) is 5.51. The summed E-state index contributed by atoms with van der Waals surface area (Å²) in [6.07, 6.45) is 0. The molecule has 1 heterocycles. The molecule has 0 radical (unpaired) electrons. The van der Waals surface area contributed by atoms with E-state index in [0.29, 0.717) is 15.8 Å². The van der Waals surface area contributed by atoms with Crippen molar-refractivity contribution in [3.05, 3.63) is 94.8 Å². The lowest BCUT2D eigenvalue weighted by molar-refractivity contribution is 0.481. The topological polar surface area (TPSA) is 82.4 Å². The predicted octanol–water partition coefficient (Wildman–Crippen LogP) is 3.78. The average Bonchev–Trinajstić information content (AvgIpc) is 2.78. The molecule has 0 spiro atoms. The van der Waals surface area contributed by atoms with Crippen molar-refractivity contribution in [2.75, 3.05) is 0 Å². The van der Waals surface area contributed by atoms with Gasteiger partial charge in [-0.25, -0.2) is 4.21 Å². The fourth-order valence-electron chi connectivity index (χ4n) is 3.21. The Labute approximate surface area is 182 Å². The van der Waals surface area contributed by atoms with Gasteiger partial charge in [-0.15, -0.1) is 0 Å². The van der Waals surface area contributed by atoms with E-state index in [1.807, 2.05) is 6.92 Å². The number of aryl methyl sites for hydroxylation is 2. The van der Waals surface area contributed by atoms with Gasteiger partial charge in [-0.3, -0.25) is 4.79 Å². The molecule has 0 aliphatic rings. The van der Waals surface area contributed by atoms with Gasteiger partial charge in [0.2, 0.25) is 0 Å². The largest absolute Gasteiger partial charge is 0.377 e. The van der Waals surface area contributed by atoms with E-state index in [1.54, 1.807) is 73.8 Å². The summed E-state index contributed by atoms with van der Waals surface area (Å²) >= 11 is 0. The molecule has 0 bridgehead atoms. The molecule has 158 valence electrons. The first-order chi connectivity index (χ1) is 14.8. The number of aromatic nitrogens is 1. The fraction of sp³-hybridized carbons (Fsp3) is 0.0870. The van der Waals surface area contributed by atoms with Gasteiger partial charge in [-0.05, 0) is 43.3 Å². The Morgan fingerprint density at radius 1 is 0.871 bits per heavy atom. The molecule has 4 rings (SSSR count). The molecule has 6 nitrogen and oxygen atoms in total. The second kappa shape index (κ2) is 8.13. The smallest absolute Gasteiger partial charge is 0.339 e. The number of para-hydroxylation sites is 1. The third-order valence-electron chi connectivity index (χ3n) is 4.86. The number of pyridine rings is 1. The summed E-state index contributed by atoms with van der Waals surface area (Å²) in [5, 5.41) is 0.375. The van der Waals surface area contributed by atoms with Gasteiger partial charge in [0.15, 0.2) is 10.6 Å². The maximum Gasteiger partial charge on any atom is 0.339 e. The predicted molar refractivity (Wildman–Crippen MR) is 119 cm³/mol. The average molecular weight is 454 g/mol. The van der Waals surface area contributed by atoms with Crippen LogP contribution in [0.2, 0.25) is 0 Å². The second-order valence-corrected chi connectivity index (χ2v) is 9.94. The Balaban J connectivity index is 1.99. The third-order valence-corrected chi connectivity index (χ3v) is 7.53. The highest BCUT2D eigenvalue weighted by molar-refractivity contribution is 7.87. The van der Waals surface area contributed by atoms with Crippen LogP contribution in [0, 0.1) is 6.92 Å². The van der Waals surface area contributed by atoms with Crippen LogP contribution < -0.4 is 9.74 Å². The minimum Gasteiger partial charge on any atom is -0.377 e. The molecule has 0 amide bonds. The zero-order chi connectivity index (χ0) is 22.2. The fourth-order valence-corrected chi connectivity index (χ4v) is 5.48. The van der Waals surface area contributed by atoms with Crippen LogP contribution in [0.1, 0.15) is 5.56 Å². The summed E-state index contributed by atoms with van der Waals surface area (Å²) in [6, 6.07) is 21.3. The van der Waals surface area contributed by atoms with E-state index < -0.39 is 26.5 Å². The van der Waals surface area contributed by atoms with Crippen LogP contribution in [0.15, 0.2) is 98.3 Å². The lowest BCUT2D eigenvalue weighted by Gasteiger charge is -2.16. The standard InChI is InChI=1S/C23H19NO5S2/c1-16-12-14-18(15-13-16)31(27,28)29-21-19-10-6-7-11-20(19)24(2)23(25)22(21)30(26)17-8-4-3-5-9-17/h3-15H,1-2H3. The van der Waals surface area contributed by atoms with Crippen LogP contribution in [-0.2, 0) is 28.0 Å². The van der Waals surface area contributed by atoms with Crippen molar-refractivity contribution in [2.45, 2.75) is 21.6 Å². The number of fused-ring (bicyclic) bond motifs is 1. The van der Waals surface area contributed by atoms with Gasteiger partial charge >= 0.3 is 10.1 Å². The Morgan fingerprint density at radius 2 is 1.48 bits per heavy atom. The molecule has 1 atom stereocenters. The van der Waals surface area contributed by atoms with Crippen molar-refractivity contribution in [1.29, 1.82) is 0 Å². The second-order valence-electron chi connectivity index (χ2n) is 6.97. The number of benzene rings is 3. The highest BCUT2D eigenvalue weighted by atomic mass is 32.2. The minimum absolute atomic E-state index is 0.0562. The van der Waals surface area contributed by atoms with E-state index in [9.17, 15) is 17.4 Å². The van der Waals surface area contributed by atoms with Crippen LogP contribution in [0.4, 0.5) is 0 Å². The third kappa shape index (κ3) is 3.92. The molecule has 3 aromatic carbocycles. The quantitative estimate of drug-likeness (QED) is 0.430. The molecule has 1 unspecified atom stereocenters. The molecule has 0 saturated carbocycles. The van der Waals surface area contributed by atoms with Crippen LogP contribution in [-0.4, -0.2) is 17.2 Å². The van der Waals surface area contributed by atoms with Gasteiger partial charge in [0.05, 0.1) is 16.3 Å².